The molecular formula is CH8O10S2. The Hall–Kier alpha value is -0.340. The van der Waals surface area contributed by atoms with Gasteiger partial charge in [-0.1, -0.05) is 0 Å². The van der Waals surface area contributed by atoms with Crippen LogP contribution in [-0.4, -0.2) is 47.4 Å². The number of rotatable bonds is 0. The Morgan fingerprint density at radius 3 is 0.846 bits per heavy atom. The predicted molar refractivity (Wildman–Crippen MR) is 38.0 cm³/mol. The molecule has 0 aliphatic carbocycles. The maximum Gasteiger partial charge on any atom is 0.394 e. The fraction of sp³-hybridized carbons (Fsp3) is 1.00. The highest BCUT2D eigenvalue weighted by molar-refractivity contribution is 7.80. The molecule has 0 saturated heterocycles. The zero-order valence-corrected chi connectivity index (χ0v) is 7.73. The molecule has 0 bridgehead atoms. The summed E-state index contributed by atoms with van der Waals surface area (Å²) in [5.74, 6) is 0. The van der Waals surface area contributed by atoms with Crippen molar-refractivity contribution in [2.24, 2.45) is 0 Å². The summed E-state index contributed by atoms with van der Waals surface area (Å²) in [4.78, 5) is 3.25. The van der Waals surface area contributed by atoms with E-state index in [1.165, 1.54) is 7.11 Å². The molecule has 0 aliphatic heterocycles. The Kier molecular flexibility index (Phi) is 11.7. The van der Waals surface area contributed by atoms with Crippen molar-refractivity contribution in [2.75, 3.05) is 7.11 Å². The highest BCUT2D eigenvalue weighted by atomic mass is 32.3. The smallest absolute Gasteiger partial charge is 0.264 e. The molecule has 0 fully saturated rings. The molecule has 0 aromatic carbocycles. The lowest BCUT2D eigenvalue weighted by Gasteiger charge is -1.68. The van der Waals surface area contributed by atoms with Crippen molar-refractivity contribution in [3.05, 3.63) is 0 Å². The van der Waals surface area contributed by atoms with Crippen LogP contribution in [0.3, 0.4) is 0 Å². The molecule has 0 aromatic heterocycles. The van der Waals surface area contributed by atoms with Gasteiger partial charge in [-0.05, 0) is 0 Å². The minimum atomic E-state index is -4.67. The first-order chi connectivity index (χ1) is 5.41. The molecule has 0 aliphatic rings. The lowest BCUT2D eigenvalue weighted by Crippen LogP contribution is -1.89. The fourth-order valence-corrected chi connectivity index (χ4v) is 0. The summed E-state index contributed by atoms with van der Waals surface area (Å²) < 4.78 is 63.2. The van der Waals surface area contributed by atoms with Crippen molar-refractivity contribution in [3.8, 4) is 0 Å². The molecule has 10 nitrogen and oxygen atoms in total. The van der Waals surface area contributed by atoms with Crippen molar-refractivity contribution in [1.29, 1.82) is 0 Å². The van der Waals surface area contributed by atoms with Gasteiger partial charge < -0.3 is 0 Å². The first-order valence-electron chi connectivity index (χ1n) is 1.99. The van der Waals surface area contributed by atoms with Crippen LogP contribution < -0.4 is 0 Å². The molecule has 0 aromatic rings. The van der Waals surface area contributed by atoms with E-state index in [2.05, 4.69) is 4.89 Å². The quantitative estimate of drug-likeness (QED) is 0.197. The average molecular weight is 244 g/mol. The maximum atomic E-state index is 8.74. The van der Waals surface area contributed by atoms with Gasteiger partial charge in [0.1, 0.15) is 0 Å². The van der Waals surface area contributed by atoms with Gasteiger partial charge in [0.25, 0.3) is 0 Å². The van der Waals surface area contributed by atoms with E-state index in [0.29, 0.717) is 0 Å². The third-order valence-electron chi connectivity index (χ3n) is 0. The molecule has 0 atom stereocenters. The minimum Gasteiger partial charge on any atom is -0.264 e. The molecule has 0 rings (SSSR count). The first kappa shape index (κ1) is 18.4. The predicted octanol–water partition coefficient (Wildman–Crippen LogP) is -1.20. The van der Waals surface area contributed by atoms with Gasteiger partial charge in [0, 0.05) is 0 Å². The standard InChI is InChI=1S/CH4O2.2H2O4S/c1-3-2;2*1-5(2,3)4/h2H,1H3;2*(H2,1,2,3,4). The highest BCUT2D eigenvalue weighted by Crippen LogP contribution is 1.59. The summed E-state index contributed by atoms with van der Waals surface area (Å²) in [6.07, 6.45) is 0. The van der Waals surface area contributed by atoms with Crippen LogP contribution in [0, 0.1) is 0 Å². The third kappa shape index (κ3) is 9410. The molecule has 0 unspecified atom stereocenters. The van der Waals surface area contributed by atoms with Crippen molar-refractivity contribution >= 4 is 20.8 Å². The van der Waals surface area contributed by atoms with Crippen LogP contribution in [0.1, 0.15) is 0 Å². The fourth-order valence-electron chi connectivity index (χ4n) is 0. The first-order valence-corrected chi connectivity index (χ1v) is 4.78. The van der Waals surface area contributed by atoms with E-state index < -0.39 is 20.8 Å². The Balaban J connectivity index is -0.000000120. The van der Waals surface area contributed by atoms with Gasteiger partial charge in [-0.25, -0.2) is 4.89 Å². The summed E-state index contributed by atoms with van der Waals surface area (Å²) in [5, 5.41) is 7.07. The van der Waals surface area contributed by atoms with E-state index >= 15 is 0 Å². The van der Waals surface area contributed by atoms with Crippen molar-refractivity contribution in [1.82, 2.24) is 0 Å². The van der Waals surface area contributed by atoms with Crippen molar-refractivity contribution in [3.63, 3.8) is 0 Å². The van der Waals surface area contributed by atoms with Gasteiger partial charge in [0.05, 0.1) is 7.11 Å². The Morgan fingerprint density at radius 1 is 0.846 bits per heavy atom. The highest BCUT2D eigenvalue weighted by Gasteiger charge is 1.85. The van der Waals surface area contributed by atoms with Crippen LogP contribution in [0.15, 0.2) is 0 Å². The van der Waals surface area contributed by atoms with Gasteiger partial charge >= 0.3 is 20.8 Å². The lowest BCUT2D eigenvalue weighted by atomic mass is 11.8. The van der Waals surface area contributed by atoms with Crippen LogP contribution >= 0.6 is 0 Å². The van der Waals surface area contributed by atoms with Gasteiger partial charge in [-0.3, -0.25) is 23.5 Å². The molecule has 84 valence electrons. The van der Waals surface area contributed by atoms with E-state index in [9.17, 15) is 0 Å². The maximum absolute atomic E-state index is 8.74. The second-order valence-corrected chi connectivity index (χ2v) is 2.87. The van der Waals surface area contributed by atoms with Gasteiger partial charge in [-0.2, -0.15) is 16.8 Å². The number of hydrogen-bond donors (Lipinski definition) is 5. The van der Waals surface area contributed by atoms with Crippen LogP contribution in [0.25, 0.3) is 0 Å². The summed E-state index contributed by atoms with van der Waals surface area (Å²) in [5.41, 5.74) is 0. The molecule has 12 heteroatoms. The van der Waals surface area contributed by atoms with Crippen molar-refractivity contribution in [2.45, 2.75) is 0 Å². The van der Waals surface area contributed by atoms with Crippen LogP contribution in [0.5, 0.6) is 0 Å². The average Bonchev–Trinajstić information content (AvgIpc) is 1.52. The van der Waals surface area contributed by atoms with E-state index in [-0.39, 0.29) is 0 Å². The molecule has 13 heavy (non-hydrogen) atoms. The van der Waals surface area contributed by atoms with E-state index in [4.69, 9.17) is 40.3 Å². The van der Waals surface area contributed by atoms with E-state index in [0.717, 1.165) is 0 Å². The van der Waals surface area contributed by atoms with Crippen LogP contribution in [0.2, 0.25) is 0 Å². The zero-order chi connectivity index (χ0) is 11.7. The van der Waals surface area contributed by atoms with E-state index in [1.807, 2.05) is 0 Å². The minimum absolute atomic E-state index is 1.18. The lowest BCUT2D eigenvalue weighted by molar-refractivity contribution is -0.214. The Labute approximate surface area is 73.9 Å². The monoisotopic (exact) mass is 244 g/mol. The largest absolute Gasteiger partial charge is 0.394 e. The SMILES string of the molecule is COO.O=S(=O)(O)O.O=S(=O)(O)O. The molecule has 0 saturated carbocycles. The summed E-state index contributed by atoms with van der Waals surface area (Å²) in [7, 11) is -8.15. The number of hydrogen-bond acceptors (Lipinski definition) is 6. The van der Waals surface area contributed by atoms with Gasteiger partial charge in [-0.15, -0.1) is 0 Å². The molecule has 0 heterocycles. The third-order valence-corrected chi connectivity index (χ3v) is 0. The Morgan fingerprint density at radius 2 is 0.846 bits per heavy atom. The van der Waals surface area contributed by atoms with Gasteiger partial charge in [0.15, 0.2) is 0 Å². The second kappa shape index (κ2) is 8.27. The normalized spacial score (nSPS) is 10.3. The van der Waals surface area contributed by atoms with Crippen molar-refractivity contribution < 1.29 is 45.2 Å². The molecular weight excluding hydrogens is 236 g/mol. The topological polar surface area (TPSA) is 179 Å². The van der Waals surface area contributed by atoms with Gasteiger partial charge in [0.2, 0.25) is 0 Å². The van der Waals surface area contributed by atoms with Crippen LogP contribution in [0.4, 0.5) is 0 Å². The van der Waals surface area contributed by atoms with Crippen LogP contribution in [-0.2, 0) is 25.7 Å². The molecule has 5 N–H and O–H groups in total. The zero-order valence-electron chi connectivity index (χ0n) is 6.09. The summed E-state index contributed by atoms with van der Waals surface area (Å²) >= 11 is 0. The Bertz CT molecular complexity index is 222. The van der Waals surface area contributed by atoms with E-state index in [1.54, 1.807) is 0 Å². The molecule has 0 spiro atoms. The summed E-state index contributed by atoms with van der Waals surface area (Å²) in [6, 6.07) is 0. The molecule has 0 amide bonds. The second-order valence-electron chi connectivity index (χ2n) is 1.08. The summed E-state index contributed by atoms with van der Waals surface area (Å²) in [6.45, 7) is 0. The molecule has 0 radical (unpaired) electrons.